The van der Waals surface area contributed by atoms with Crippen molar-refractivity contribution in [3.63, 3.8) is 0 Å². The molecule has 1 aliphatic heterocycles. The molecule has 11 heteroatoms. The third-order valence-electron chi connectivity index (χ3n) is 4.53. The lowest BCUT2D eigenvalue weighted by molar-refractivity contribution is -0.149. The molecule has 0 radical (unpaired) electrons. The second-order valence-corrected chi connectivity index (χ2v) is 7.01. The Kier molecular flexibility index (Phi) is 5.98. The van der Waals surface area contributed by atoms with Crippen LogP contribution in [-0.4, -0.2) is 46.7 Å². The fourth-order valence-corrected chi connectivity index (χ4v) is 2.98. The summed E-state index contributed by atoms with van der Waals surface area (Å²) < 4.78 is 43.3. The molecule has 1 aliphatic rings. The predicted octanol–water partition coefficient (Wildman–Crippen LogP) is 3.27. The molecule has 0 atom stereocenters. The summed E-state index contributed by atoms with van der Waals surface area (Å²) in [5, 5.41) is 2.49. The van der Waals surface area contributed by atoms with Gasteiger partial charge in [-0.3, -0.25) is 24.2 Å². The van der Waals surface area contributed by atoms with Crippen molar-refractivity contribution in [1.82, 2.24) is 9.80 Å². The van der Waals surface area contributed by atoms with Crippen molar-refractivity contribution < 1.29 is 32.3 Å². The smallest absolute Gasteiger partial charge is 0.416 e. The molecule has 7 nitrogen and oxygen atoms in total. The van der Waals surface area contributed by atoms with Gasteiger partial charge in [-0.15, -0.1) is 0 Å². The van der Waals surface area contributed by atoms with Crippen LogP contribution in [0.25, 0.3) is 0 Å². The number of alkyl halides is 3. The lowest BCUT2D eigenvalue weighted by Gasteiger charge is -2.34. The van der Waals surface area contributed by atoms with E-state index >= 15 is 0 Å². The van der Waals surface area contributed by atoms with E-state index in [-0.39, 0.29) is 10.9 Å². The van der Waals surface area contributed by atoms with Crippen LogP contribution in [0, 0.1) is 5.92 Å². The molecule has 0 unspecified atom stereocenters. The Morgan fingerprint density at radius 2 is 1.39 bits per heavy atom. The standard InChI is InChI=1S/C20H16F3N3O4S/c1-25-17(28)15(18(29)26(2)19(25)31)16(27)24-12-5-9-14(10-6-12)30-13-7-3-11(4-8-13)20(21,22)23/h3-10,15H,1-2H3,(H,24,27). The normalized spacial score (nSPS) is 15.3. The molecule has 2 aromatic carbocycles. The van der Waals surface area contributed by atoms with Gasteiger partial charge in [-0.25, -0.2) is 0 Å². The highest BCUT2D eigenvalue weighted by Gasteiger charge is 2.45. The summed E-state index contributed by atoms with van der Waals surface area (Å²) in [5.74, 6) is -3.32. The summed E-state index contributed by atoms with van der Waals surface area (Å²) in [6.07, 6.45) is -4.44. The van der Waals surface area contributed by atoms with Crippen LogP contribution in [0.5, 0.6) is 11.5 Å². The molecular weight excluding hydrogens is 435 g/mol. The van der Waals surface area contributed by atoms with Gasteiger partial charge in [0.25, 0.3) is 11.8 Å². The van der Waals surface area contributed by atoms with Crippen molar-refractivity contribution >= 4 is 40.7 Å². The SMILES string of the molecule is CN1C(=O)C(C(=O)Nc2ccc(Oc3ccc(C(F)(F)F)cc3)cc2)C(=O)N(C)C1=S. The van der Waals surface area contributed by atoms with E-state index in [1.807, 2.05) is 0 Å². The Morgan fingerprint density at radius 3 is 1.84 bits per heavy atom. The molecule has 1 N–H and O–H groups in total. The second-order valence-electron chi connectivity index (χ2n) is 6.65. The Balaban J connectivity index is 1.66. The monoisotopic (exact) mass is 451 g/mol. The zero-order valence-electron chi connectivity index (χ0n) is 16.3. The van der Waals surface area contributed by atoms with Crippen molar-refractivity contribution in [1.29, 1.82) is 0 Å². The maximum Gasteiger partial charge on any atom is 0.416 e. The molecule has 1 saturated heterocycles. The summed E-state index contributed by atoms with van der Waals surface area (Å²) in [4.78, 5) is 39.2. The number of thiocarbonyl (C=S) groups is 1. The number of ether oxygens (including phenoxy) is 1. The number of rotatable bonds is 4. The Labute approximate surface area is 180 Å². The highest BCUT2D eigenvalue weighted by molar-refractivity contribution is 7.80. The van der Waals surface area contributed by atoms with E-state index in [0.717, 1.165) is 21.9 Å². The van der Waals surface area contributed by atoms with Crippen LogP contribution in [0.15, 0.2) is 48.5 Å². The molecule has 162 valence electrons. The van der Waals surface area contributed by atoms with Gasteiger partial charge in [0.05, 0.1) is 5.56 Å². The van der Waals surface area contributed by atoms with Gasteiger partial charge in [-0.05, 0) is 60.7 Å². The molecular formula is C20H16F3N3O4S. The Hall–Kier alpha value is -3.47. The van der Waals surface area contributed by atoms with Crippen molar-refractivity contribution in [2.75, 3.05) is 19.4 Å². The summed E-state index contributed by atoms with van der Waals surface area (Å²) in [6.45, 7) is 0. The number of nitrogens with zero attached hydrogens (tertiary/aromatic N) is 2. The minimum Gasteiger partial charge on any atom is -0.457 e. The van der Waals surface area contributed by atoms with Gasteiger partial charge in [0.2, 0.25) is 5.91 Å². The van der Waals surface area contributed by atoms with Gasteiger partial charge in [0.15, 0.2) is 11.0 Å². The molecule has 0 aromatic heterocycles. The van der Waals surface area contributed by atoms with E-state index in [9.17, 15) is 27.6 Å². The predicted molar refractivity (Wildman–Crippen MR) is 108 cm³/mol. The molecule has 1 fully saturated rings. The van der Waals surface area contributed by atoms with Crippen LogP contribution >= 0.6 is 12.2 Å². The zero-order valence-corrected chi connectivity index (χ0v) is 17.1. The number of halogens is 3. The van der Waals surface area contributed by atoms with Crippen LogP contribution in [0.4, 0.5) is 18.9 Å². The van der Waals surface area contributed by atoms with E-state index in [1.165, 1.54) is 50.5 Å². The van der Waals surface area contributed by atoms with Gasteiger partial charge in [-0.1, -0.05) is 0 Å². The maximum atomic E-state index is 12.6. The minimum absolute atomic E-state index is 0.00354. The number of nitrogens with one attached hydrogen (secondary N) is 1. The van der Waals surface area contributed by atoms with Crippen LogP contribution in [-0.2, 0) is 20.6 Å². The number of amides is 3. The fourth-order valence-electron chi connectivity index (χ4n) is 2.80. The van der Waals surface area contributed by atoms with E-state index in [4.69, 9.17) is 17.0 Å². The molecule has 0 spiro atoms. The maximum absolute atomic E-state index is 12.6. The first-order chi connectivity index (χ1) is 14.5. The summed E-state index contributed by atoms with van der Waals surface area (Å²) in [5.41, 5.74) is -0.495. The van der Waals surface area contributed by atoms with E-state index in [1.54, 1.807) is 0 Å². The first-order valence-electron chi connectivity index (χ1n) is 8.84. The fraction of sp³-hybridized carbons (Fsp3) is 0.200. The van der Waals surface area contributed by atoms with Crippen LogP contribution in [0.3, 0.4) is 0 Å². The van der Waals surface area contributed by atoms with Gasteiger partial charge in [-0.2, -0.15) is 13.2 Å². The average molecular weight is 451 g/mol. The lowest BCUT2D eigenvalue weighted by Crippen LogP contribution is -2.59. The number of carbonyl (C=O) groups is 3. The summed E-state index contributed by atoms with van der Waals surface area (Å²) in [7, 11) is 2.75. The van der Waals surface area contributed by atoms with Crippen molar-refractivity contribution in [3.8, 4) is 11.5 Å². The van der Waals surface area contributed by atoms with Gasteiger partial charge >= 0.3 is 6.18 Å². The first kappa shape index (κ1) is 22.2. The van der Waals surface area contributed by atoms with Crippen LogP contribution < -0.4 is 10.1 Å². The molecule has 3 rings (SSSR count). The zero-order chi connectivity index (χ0) is 22.9. The van der Waals surface area contributed by atoms with Crippen LogP contribution in [0.2, 0.25) is 0 Å². The van der Waals surface area contributed by atoms with Gasteiger partial charge in [0.1, 0.15) is 11.5 Å². The molecule has 0 aliphatic carbocycles. The average Bonchev–Trinajstić information content (AvgIpc) is 2.72. The van der Waals surface area contributed by atoms with Crippen molar-refractivity contribution in [3.05, 3.63) is 54.1 Å². The summed E-state index contributed by atoms with van der Waals surface area (Å²) in [6, 6.07) is 10.1. The van der Waals surface area contributed by atoms with E-state index in [2.05, 4.69) is 5.32 Å². The molecule has 0 bridgehead atoms. The van der Waals surface area contributed by atoms with Crippen molar-refractivity contribution in [2.45, 2.75) is 6.18 Å². The Bertz CT molecular complexity index is 1020. The molecule has 1 heterocycles. The highest BCUT2D eigenvalue weighted by atomic mass is 32.1. The van der Waals surface area contributed by atoms with E-state index in [0.29, 0.717) is 11.4 Å². The van der Waals surface area contributed by atoms with Gasteiger partial charge < -0.3 is 10.1 Å². The number of hydrogen-bond acceptors (Lipinski definition) is 5. The largest absolute Gasteiger partial charge is 0.457 e. The van der Waals surface area contributed by atoms with Crippen molar-refractivity contribution in [2.24, 2.45) is 5.92 Å². The van der Waals surface area contributed by atoms with Crippen LogP contribution in [0.1, 0.15) is 5.56 Å². The topological polar surface area (TPSA) is 79.0 Å². The molecule has 3 amide bonds. The molecule has 2 aromatic rings. The highest BCUT2D eigenvalue weighted by Crippen LogP contribution is 2.31. The van der Waals surface area contributed by atoms with E-state index < -0.39 is 35.4 Å². The number of carbonyl (C=O) groups excluding carboxylic acids is 3. The third kappa shape index (κ3) is 4.66. The first-order valence-corrected chi connectivity index (χ1v) is 9.25. The molecule has 31 heavy (non-hydrogen) atoms. The second kappa shape index (κ2) is 8.34. The number of hydrogen-bond donors (Lipinski definition) is 1. The lowest BCUT2D eigenvalue weighted by atomic mass is 10.0. The third-order valence-corrected chi connectivity index (χ3v) is 5.08. The number of benzene rings is 2. The molecule has 0 saturated carbocycles. The number of anilines is 1. The quantitative estimate of drug-likeness (QED) is 0.570. The minimum atomic E-state index is -4.44. The Morgan fingerprint density at radius 1 is 0.935 bits per heavy atom. The van der Waals surface area contributed by atoms with Gasteiger partial charge in [0, 0.05) is 19.8 Å². The summed E-state index contributed by atoms with van der Waals surface area (Å²) >= 11 is 4.98.